The Morgan fingerprint density at radius 1 is 1.33 bits per heavy atom. The fourth-order valence-electron chi connectivity index (χ4n) is 1.64. The van der Waals surface area contributed by atoms with Crippen LogP contribution in [0.5, 0.6) is 5.75 Å². The van der Waals surface area contributed by atoms with Gasteiger partial charge in [0.15, 0.2) is 0 Å². The Kier molecular flexibility index (Phi) is 4.87. The van der Waals surface area contributed by atoms with E-state index < -0.39 is 12.4 Å². The van der Waals surface area contributed by atoms with Gasteiger partial charge in [0.25, 0.3) is 0 Å². The SMILES string of the molecule is CC(C)CC(N)c1cc(OC(F)(F)F)ccc1Cl. The van der Waals surface area contributed by atoms with Crippen LogP contribution in [0.15, 0.2) is 18.2 Å². The second kappa shape index (κ2) is 5.80. The zero-order valence-corrected chi connectivity index (χ0v) is 10.8. The molecule has 1 rings (SSSR count). The van der Waals surface area contributed by atoms with Gasteiger partial charge in [-0.15, -0.1) is 13.2 Å². The predicted molar refractivity (Wildman–Crippen MR) is 64.5 cm³/mol. The number of ether oxygens (including phenoxy) is 1. The van der Waals surface area contributed by atoms with Crippen molar-refractivity contribution in [2.24, 2.45) is 11.7 Å². The highest BCUT2D eigenvalue weighted by atomic mass is 35.5. The third kappa shape index (κ3) is 4.74. The van der Waals surface area contributed by atoms with E-state index in [0.717, 1.165) is 0 Å². The van der Waals surface area contributed by atoms with Crippen LogP contribution in [-0.4, -0.2) is 6.36 Å². The maximum absolute atomic E-state index is 12.1. The van der Waals surface area contributed by atoms with Crippen LogP contribution >= 0.6 is 11.6 Å². The van der Waals surface area contributed by atoms with Gasteiger partial charge < -0.3 is 10.5 Å². The molecule has 2 nitrogen and oxygen atoms in total. The average molecular weight is 282 g/mol. The van der Waals surface area contributed by atoms with E-state index in [1.54, 1.807) is 0 Å². The van der Waals surface area contributed by atoms with Crippen LogP contribution in [0.3, 0.4) is 0 Å². The molecule has 0 amide bonds. The summed E-state index contributed by atoms with van der Waals surface area (Å²) in [5, 5.41) is 0.345. The molecule has 102 valence electrons. The molecular weight excluding hydrogens is 267 g/mol. The van der Waals surface area contributed by atoms with Crippen molar-refractivity contribution in [3.05, 3.63) is 28.8 Å². The van der Waals surface area contributed by atoms with E-state index in [0.29, 0.717) is 22.9 Å². The van der Waals surface area contributed by atoms with Crippen LogP contribution in [0, 0.1) is 5.92 Å². The van der Waals surface area contributed by atoms with E-state index in [2.05, 4.69) is 4.74 Å². The molecule has 0 heterocycles. The van der Waals surface area contributed by atoms with Crippen molar-refractivity contribution in [1.82, 2.24) is 0 Å². The Morgan fingerprint density at radius 3 is 2.44 bits per heavy atom. The number of nitrogens with two attached hydrogens (primary N) is 1. The summed E-state index contributed by atoms with van der Waals surface area (Å²) in [5.74, 6) is 0.0179. The molecular formula is C12H15ClF3NO. The zero-order chi connectivity index (χ0) is 13.9. The van der Waals surface area contributed by atoms with E-state index in [1.165, 1.54) is 18.2 Å². The maximum atomic E-state index is 12.1. The summed E-state index contributed by atoms with van der Waals surface area (Å²) < 4.78 is 40.1. The molecule has 2 N–H and O–H groups in total. The predicted octanol–water partition coefficient (Wildman–Crippen LogP) is 4.28. The first-order valence-corrected chi connectivity index (χ1v) is 5.87. The highest BCUT2D eigenvalue weighted by Gasteiger charge is 2.31. The molecule has 0 fully saturated rings. The normalized spacial score (nSPS) is 13.8. The van der Waals surface area contributed by atoms with Gasteiger partial charge in [-0.1, -0.05) is 25.4 Å². The van der Waals surface area contributed by atoms with E-state index in [1.807, 2.05) is 13.8 Å². The minimum absolute atomic E-state index is 0.305. The second-order valence-corrected chi connectivity index (χ2v) is 4.87. The molecule has 0 aliphatic rings. The minimum atomic E-state index is -4.72. The van der Waals surface area contributed by atoms with Crippen molar-refractivity contribution in [2.75, 3.05) is 0 Å². The van der Waals surface area contributed by atoms with Gasteiger partial charge in [-0.3, -0.25) is 0 Å². The van der Waals surface area contributed by atoms with Crippen LogP contribution < -0.4 is 10.5 Å². The molecule has 0 aliphatic heterocycles. The number of benzene rings is 1. The maximum Gasteiger partial charge on any atom is 0.573 e. The van der Waals surface area contributed by atoms with Crippen LogP contribution in [0.1, 0.15) is 31.9 Å². The van der Waals surface area contributed by atoms with E-state index in [9.17, 15) is 13.2 Å². The molecule has 0 radical (unpaired) electrons. The molecule has 18 heavy (non-hydrogen) atoms. The summed E-state index contributed by atoms with van der Waals surface area (Å²) in [6.45, 7) is 3.95. The number of hydrogen-bond donors (Lipinski definition) is 1. The fraction of sp³-hybridized carbons (Fsp3) is 0.500. The first kappa shape index (κ1) is 15.1. The molecule has 0 aromatic heterocycles. The van der Waals surface area contributed by atoms with Crippen molar-refractivity contribution in [1.29, 1.82) is 0 Å². The number of rotatable bonds is 4. The summed E-state index contributed by atoms with van der Waals surface area (Å²) in [5.41, 5.74) is 6.37. The molecule has 1 aromatic carbocycles. The first-order chi connectivity index (χ1) is 8.19. The summed E-state index contributed by atoms with van der Waals surface area (Å²) in [6.07, 6.45) is -4.08. The molecule has 1 unspecified atom stereocenters. The summed E-state index contributed by atoms with van der Waals surface area (Å²) >= 11 is 5.93. The molecule has 0 aliphatic carbocycles. The van der Waals surface area contributed by atoms with E-state index >= 15 is 0 Å². The minimum Gasteiger partial charge on any atom is -0.406 e. The first-order valence-electron chi connectivity index (χ1n) is 5.50. The molecule has 1 aromatic rings. The van der Waals surface area contributed by atoms with Crippen LogP contribution in [-0.2, 0) is 0 Å². The average Bonchev–Trinajstić information content (AvgIpc) is 2.17. The third-order valence-electron chi connectivity index (χ3n) is 2.33. The van der Waals surface area contributed by atoms with Gasteiger partial charge in [0.1, 0.15) is 5.75 Å². The molecule has 0 spiro atoms. The van der Waals surface area contributed by atoms with Gasteiger partial charge in [-0.25, -0.2) is 0 Å². The smallest absolute Gasteiger partial charge is 0.406 e. The molecule has 0 saturated carbocycles. The van der Waals surface area contributed by atoms with Gasteiger partial charge in [-0.2, -0.15) is 0 Å². The third-order valence-corrected chi connectivity index (χ3v) is 2.67. The Balaban J connectivity index is 2.94. The van der Waals surface area contributed by atoms with Gasteiger partial charge >= 0.3 is 6.36 Å². The molecule has 1 atom stereocenters. The van der Waals surface area contributed by atoms with E-state index in [4.69, 9.17) is 17.3 Å². The quantitative estimate of drug-likeness (QED) is 0.894. The lowest BCUT2D eigenvalue weighted by Crippen LogP contribution is -2.18. The number of alkyl halides is 3. The van der Waals surface area contributed by atoms with Crippen molar-refractivity contribution < 1.29 is 17.9 Å². The van der Waals surface area contributed by atoms with Crippen molar-refractivity contribution >= 4 is 11.6 Å². The second-order valence-electron chi connectivity index (χ2n) is 4.47. The van der Waals surface area contributed by atoms with Crippen LogP contribution in [0.2, 0.25) is 5.02 Å². The van der Waals surface area contributed by atoms with Crippen LogP contribution in [0.4, 0.5) is 13.2 Å². The zero-order valence-electron chi connectivity index (χ0n) is 10.1. The summed E-state index contributed by atoms with van der Waals surface area (Å²) in [7, 11) is 0. The standard InChI is InChI=1S/C12H15ClF3NO/c1-7(2)5-11(17)9-6-8(3-4-10(9)13)18-12(14,15)16/h3-4,6-7,11H,5,17H2,1-2H3. The fourth-order valence-corrected chi connectivity index (χ4v) is 1.90. The topological polar surface area (TPSA) is 35.2 Å². The Labute approximate surface area is 109 Å². The molecule has 0 saturated heterocycles. The highest BCUT2D eigenvalue weighted by Crippen LogP contribution is 2.31. The molecule has 6 heteroatoms. The largest absolute Gasteiger partial charge is 0.573 e. The van der Waals surface area contributed by atoms with Gasteiger partial charge in [0, 0.05) is 11.1 Å². The summed E-state index contributed by atoms with van der Waals surface area (Å²) in [4.78, 5) is 0. The van der Waals surface area contributed by atoms with Gasteiger partial charge in [0.05, 0.1) is 0 Å². The lowest BCUT2D eigenvalue weighted by Gasteiger charge is -2.17. The van der Waals surface area contributed by atoms with Gasteiger partial charge in [-0.05, 0) is 36.1 Å². The Hall–Kier alpha value is -0.940. The van der Waals surface area contributed by atoms with E-state index in [-0.39, 0.29) is 5.75 Å². The highest BCUT2D eigenvalue weighted by molar-refractivity contribution is 6.31. The number of hydrogen-bond acceptors (Lipinski definition) is 2. The van der Waals surface area contributed by atoms with Gasteiger partial charge in [0.2, 0.25) is 0 Å². The monoisotopic (exact) mass is 281 g/mol. The van der Waals surface area contributed by atoms with Crippen LogP contribution in [0.25, 0.3) is 0 Å². The Bertz CT molecular complexity index is 407. The lowest BCUT2D eigenvalue weighted by molar-refractivity contribution is -0.274. The van der Waals surface area contributed by atoms with Crippen molar-refractivity contribution in [3.8, 4) is 5.75 Å². The lowest BCUT2D eigenvalue weighted by atomic mass is 9.98. The molecule has 0 bridgehead atoms. The van der Waals surface area contributed by atoms with Crippen molar-refractivity contribution in [3.63, 3.8) is 0 Å². The summed E-state index contributed by atoms with van der Waals surface area (Å²) in [6, 6.07) is 3.36. The Morgan fingerprint density at radius 2 is 1.94 bits per heavy atom. The number of halogens is 4. The van der Waals surface area contributed by atoms with Crippen molar-refractivity contribution in [2.45, 2.75) is 32.7 Å².